The van der Waals surface area contributed by atoms with Crippen molar-refractivity contribution in [1.29, 1.82) is 0 Å². The number of aromatic nitrogens is 1. The Labute approximate surface area is 104 Å². The van der Waals surface area contributed by atoms with Gasteiger partial charge in [0.1, 0.15) is 17.0 Å². The summed E-state index contributed by atoms with van der Waals surface area (Å²) in [5, 5.41) is 0. The van der Waals surface area contributed by atoms with E-state index in [4.69, 9.17) is 14.6 Å². The van der Waals surface area contributed by atoms with Gasteiger partial charge < -0.3 is 14.6 Å². The number of oxazole rings is 1. The van der Waals surface area contributed by atoms with Crippen molar-refractivity contribution in [2.45, 2.75) is 19.9 Å². The lowest BCUT2D eigenvalue weighted by Gasteiger charge is -1.98. The summed E-state index contributed by atoms with van der Waals surface area (Å²) < 4.78 is 11.0. The Balaban J connectivity index is 1.89. The minimum Gasteiger partial charge on any atom is -0.464 e. The van der Waals surface area contributed by atoms with Gasteiger partial charge in [0, 0.05) is 13.3 Å². The molecule has 0 saturated heterocycles. The van der Waals surface area contributed by atoms with E-state index in [0.29, 0.717) is 12.4 Å². The second kappa shape index (κ2) is 4.31. The molecule has 0 aliphatic heterocycles. The number of hydrogen-bond acceptors (Lipinski definition) is 4. The largest absolute Gasteiger partial charge is 0.464 e. The van der Waals surface area contributed by atoms with Crippen LogP contribution in [-0.4, -0.2) is 4.98 Å². The van der Waals surface area contributed by atoms with Crippen molar-refractivity contribution in [3.05, 3.63) is 53.3 Å². The van der Waals surface area contributed by atoms with Gasteiger partial charge in [0.25, 0.3) is 0 Å². The van der Waals surface area contributed by atoms with Gasteiger partial charge in [0.2, 0.25) is 0 Å². The smallest absolute Gasteiger partial charge is 0.192 e. The maximum Gasteiger partial charge on any atom is 0.192 e. The first-order valence-electron chi connectivity index (χ1n) is 5.88. The topological polar surface area (TPSA) is 65.2 Å². The quantitative estimate of drug-likeness (QED) is 0.767. The van der Waals surface area contributed by atoms with Crippen molar-refractivity contribution >= 4 is 11.1 Å². The molecule has 2 heterocycles. The molecule has 0 amide bonds. The van der Waals surface area contributed by atoms with E-state index >= 15 is 0 Å². The van der Waals surface area contributed by atoms with Crippen LogP contribution in [0.2, 0.25) is 0 Å². The van der Waals surface area contributed by atoms with Crippen LogP contribution in [0, 0.1) is 6.92 Å². The van der Waals surface area contributed by atoms with Crippen LogP contribution in [0.3, 0.4) is 0 Å². The predicted molar refractivity (Wildman–Crippen MR) is 68.2 cm³/mol. The molecule has 0 fully saturated rings. The van der Waals surface area contributed by atoms with E-state index in [0.717, 1.165) is 34.6 Å². The third-order valence-electron chi connectivity index (χ3n) is 2.86. The Hall–Kier alpha value is -2.07. The minimum atomic E-state index is 0.432. The van der Waals surface area contributed by atoms with Gasteiger partial charge in [-0.3, -0.25) is 0 Å². The molecular formula is C14H14N2O2. The second-order valence-corrected chi connectivity index (χ2v) is 4.28. The molecule has 0 bridgehead atoms. The van der Waals surface area contributed by atoms with Crippen LogP contribution in [0.5, 0.6) is 0 Å². The van der Waals surface area contributed by atoms with Crippen LogP contribution in [0.4, 0.5) is 0 Å². The number of hydrogen-bond donors (Lipinski definition) is 1. The zero-order valence-corrected chi connectivity index (χ0v) is 10.1. The Morgan fingerprint density at radius 2 is 1.94 bits per heavy atom. The second-order valence-electron chi connectivity index (χ2n) is 4.28. The minimum absolute atomic E-state index is 0.432. The fourth-order valence-corrected chi connectivity index (χ4v) is 2.03. The maximum atomic E-state index is 5.59. The lowest BCUT2D eigenvalue weighted by Crippen LogP contribution is -1.93. The van der Waals surface area contributed by atoms with Crippen molar-refractivity contribution < 1.29 is 8.83 Å². The van der Waals surface area contributed by atoms with Crippen molar-refractivity contribution in [1.82, 2.24) is 4.98 Å². The van der Waals surface area contributed by atoms with E-state index in [1.807, 2.05) is 37.3 Å². The molecule has 4 nitrogen and oxygen atoms in total. The third kappa shape index (κ3) is 2.02. The highest BCUT2D eigenvalue weighted by molar-refractivity contribution is 5.73. The Kier molecular flexibility index (Phi) is 2.64. The van der Waals surface area contributed by atoms with Gasteiger partial charge >= 0.3 is 0 Å². The van der Waals surface area contributed by atoms with Gasteiger partial charge in [-0.1, -0.05) is 6.07 Å². The van der Waals surface area contributed by atoms with Crippen LogP contribution >= 0.6 is 0 Å². The van der Waals surface area contributed by atoms with Gasteiger partial charge in [0.05, 0.1) is 6.54 Å². The van der Waals surface area contributed by atoms with E-state index < -0.39 is 0 Å². The van der Waals surface area contributed by atoms with Crippen molar-refractivity contribution in [3.63, 3.8) is 0 Å². The SMILES string of the molecule is Cc1nc2cc(Cc3ccc(CN)o3)ccc2o1. The number of nitrogens with two attached hydrogens (primary N) is 1. The Morgan fingerprint density at radius 3 is 2.72 bits per heavy atom. The molecule has 2 N–H and O–H groups in total. The van der Waals surface area contributed by atoms with E-state index in [1.54, 1.807) is 0 Å². The number of fused-ring (bicyclic) bond motifs is 1. The van der Waals surface area contributed by atoms with Crippen LogP contribution in [-0.2, 0) is 13.0 Å². The lowest BCUT2D eigenvalue weighted by molar-refractivity contribution is 0.475. The molecule has 0 aliphatic carbocycles. The van der Waals surface area contributed by atoms with E-state index in [-0.39, 0.29) is 0 Å². The van der Waals surface area contributed by atoms with Crippen LogP contribution in [0.1, 0.15) is 23.0 Å². The summed E-state index contributed by atoms with van der Waals surface area (Å²) in [6.45, 7) is 2.28. The monoisotopic (exact) mass is 242 g/mol. The lowest BCUT2D eigenvalue weighted by atomic mass is 10.1. The standard InChI is InChI=1S/C14H14N2O2/c1-9-16-13-7-10(2-5-14(13)17-9)6-11-3-4-12(8-15)18-11/h2-5,7H,6,8,15H2,1H3. The number of aryl methyl sites for hydroxylation is 1. The summed E-state index contributed by atoms with van der Waals surface area (Å²) in [6.07, 6.45) is 0.738. The highest BCUT2D eigenvalue weighted by Crippen LogP contribution is 2.19. The van der Waals surface area contributed by atoms with Gasteiger partial charge in [-0.25, -0.2) is 4.98 Å². The number of nitrogens with zero attached hydrogens (tertiary/aromatic N) is 1. The first-order chi connectivity index (χ1) is 8.74. The fraction of sp³-hybridized carbons (Fsp3) is 0.214. The van der Waals surface area contributed by atoms with Crippen LogP contribution < -0.4 is 5.73 Å². The molecule has 3 aromatic rings. The molecule has 92 valence electrons. The van der Waals surface area contributed by atoms with Gasteiger partial charge in [-0.2, -0.15) is 0 Å². The van der Waals surface area contributed by atoms with Crippen molar-refractivity contribution in [2.75, 3.05) is 0 Å². The normalized spacial score (nSPS) is 11.2. The predicted octanol–water partition coefficient (Wildman–Crippen LogP) is 2.78. The molecule has 0 atom stereocenters. The highest BCUT2D eigenvalue weighted by atomic mass is 16.3. The molecule has 1 aromatic carbocycles. The van der Waals surface area contributed by atoms with Gasteiger partial charge in [-0.05, 0) is 29.8 Å². The Morgan fingerprint density at radius 1 is 1.11 bits per heavy atom. The molecule has 0 saturated carbocycles. The van der Waals surface area contributed by atoms with Gasteiger partial charge in [-0.15, -0.1) is 0 Å². The summed E-state index contributed by atoms with van der Waals surface area (Å²) in [5.74, 6) is 2.41. The van der Waals surface area contributed by atoms with Crippen molar-refractivity contribution in [3.8, 4) is 0 Å². The first-order valence-corrected chi connectivity index (χ1v) is 5.88. The molecular weight excluding hydrogens is 228 g/mol. The molecule has 18 heavy (non-hydrogen) atoms. The van der Waals surface area contributed by atoms with E-state index in [2.05, 4.69) is 4.98 Å². The van der Waals surface area contributed by atoms with Crippen molar-refractivity contribution in [2.24, 2.45) is 5.73 Å². The van der Waals surface area contributed by atoms with E-state index in [1.165, 1.54) is 0 Å². The summed E-state index contributed by atoms with van der Waals surface area (Å²) >= 11 is 0. The van der Waals surface area contributed by atoms with Gasteiger partial charge in [0.15, 0.2) is 11.5 Å². The Bertz CT molecular complexity index is 682. The summed E-state index contributed by atoms with van der Waals surface area (Å²) in [6, 6.07) is 9.86. The fourth-order valence-electron chi connectivity index (χ4n) is 2.03. The highest BCUT2D eigenvalue weighted by Gasteiger charge is 2.06. The molecule has 3 rings (SSSR count). The third-order valence-corrected chi connectivity index (χ3v) is 2.86. The molecule has 0 spiro atoms. The average Bonchev–Trinajstić information content (AvgIpc) is 2.94. The summed E-state index contributed by atoms with van der Waals surface area (Å²) in [7, 11) is 0. The maximum absolute atomic E-state index is 5.59. The summed E-state index contributed by atoms with van der Waals surface area (Å²) in [5.41, 5.74) is 8.37. The zero-order chi connectivity index (χ0) is 12.5. The number of rotatable bonds is 3. The first kappa shape index (κ1) is 11.0. The molecule has 0 aliphatic rings. The molecule has 4 heteroatoms. The van der Waals surface area contributed by atoms with E-state index in [9.17, 15) is 0 Å². The van der Waals surface area contributed by atoms with Crippen LogP contribution in [0.15, 0.2) is 39.2 Å². The molecule has 0 radical (unpaired) electrons. The molecule has 2 aromatic heterocycles. The zero-order valence-electron chi connectivity index (χ0n) is 10.1. The number of furan rings is 1. The number of benzene rings is 1. The van der Waals surface area contributed by atoms with Crippen LogP contribution in [0.25, 0.3) is 11.1 Å². The molecule has 0 unspecified atom stereocenters. The summed E-state index contributed by atoms with van der Waals surface area (Å²) in [4.78, 5) is 4.32. The average molecular weight is 242 g/mol.